The van der Waals surface area contributed by atoms with E-state index in [9.17, 15) is 14.7 Å². The molecule has 0 aromatic heterocycles. The van der Waals surface area contributed by atoms with Gasteiger partial charge >= 0.3 is 0 Å². The van der Waals surface area contributed by atoms with Gasteiger partial charge in [0.1, 0.15) is 0 Å². The predicted octanol–water partition coefficient (Wildman–Crippen LogP) is 2.85. The van der Waals surface area contributed by atoms with Crippen LogP contribution in [-0.2, 0) is 9.59 Å². The second kappa shape index (κ2) is 8.22. The minimum atomic E-state index is -0.856. The van der Waals surface area contributed by atoms with Crippen molar-refractivity contribution in [1.29, 1.82) is 0 Å². The van der Waals surface area contributed by atoms with Crippen molar-refractivity contribution < 1.29 is 14.7 Å². The lowest BCUT2D eigenvalue weighted by Crippen LogP contribution is -2.42. The van der Waals surface area contributed by atoms with E-state index in [1.165, 1.54) is 18.0 Å². The first-order chi connectivity index (χ1) is 11.5. The van der Waals surface area contributed by atoms with Crippen molar-refractivity contribution in [3.63, 3.8) is 0 Å². The number of hydrogen-bond acceptors (Lipinski definition) is 3. The first-order valence-electron chi connectivity index (χ1n) is 7.78. The summed E-state index contributed by atoms with van der Waals surface area (Å²) in [4.78, 5) is 25.6. The molecule has 0 radical (unpaired) electrons. The SMILES string of the molecule is C[C@@H]([C@H](O)c1ccccc1)N(C)C(=O)C(=O)/C=C/c1ccccc1. The van der Waals surface area contributed by atoms with E-state index in [4.69, 9.17) is 0 Å². The number of nitrogens with zero attached hydrogens (tertiary/aromatic N) is 1. The maximum absolute atomic E-state index is 12.3. The molecule has 0 saturated carbocycles. The summed E-state index contributed by atoms with van der Waals surface area (Å²) in [5.74, 6) is -1.27. The molecule has 2 aromatic rings. The lowest BCUT2D eigenvalue weighted by Gasteiger charge is -2.28. The fourth-order valence-electron chi connectivity index (χ4n) is 2.31. The molecule has 1 N–H and O–H groups in total. The third-order valence-electron chi connectivity index (χ3n) is 3.97. The van der Waals surface area contributed by atoms with E-state index in [1.54, 1.807) is 25.1 Å². The van der Waals surface area contributed by atoms with Crippen LogP contribution >= 0.6 is 0 Å². The first-order valence-corrected chi connectivity index (χ1v) is 7.78. The van der Waals surface area contributed by atoms with Crippen molar-refractivity contribution >= 4 is 17.8 Å². The van der Waals surface area contributed by atoms with Crippen LogP contribution in [-0.4, -0.2) is 34.8 Å². The van der Waals surface area contributed by atoms with Gasteiger partial charge in [-0.2, -0.15) is 0 Å². The Morgan fingerprint density at radius 1 is 1.00 bits per heavy atom. The van der Waals surface area contributed by atoms with E-state index in [-0.39, 0.29) is 0 Å². The summed E-state index contributed by atoms with van der Waals surface area (Å²) in [5.41, 5.74) is 1.55. The molecule has 124 valence electrons. The Bertz CT molecular complexity index is 710. The van der Waals surface area contributed by atoms with Crippen molar-refractivity contribution in [3.05, 3.63) is 77.9 Å². The molecule has 1 amide bonds. The molecule has 0 heterocycles. The van der Waals surface area contributed by atoms with Crippen LogP contribution in [0.25, 0.3) is 6.08 Å². The number of rotatable bonds is 6. The van der Waals surface area contributed by atoms with Crippen LogP contribution in [0.4, 0.5) is 0 Å². The van der Waals surface area contributed by atoms with Crippen LogP contribution in [0.15, 0.2) is 66.7 Å². The van der Waals surface area contributed by atoms with Gasteiger partial charge < -0.3 is 10.0 Å². The minimum Gasteiger partial charge on any atom is -0.386 e. The van der Waals surface area contributed by atoms with E-state index < -0.39 is 23.8 Å². The Kier molecular flexibility index (Phi) is 6.04. The van der Waals surface area contributed by atoms with Crippen LogP contribution in [0.5, 0.6) is 0 Å². The lowest BCUT2D eigenvalue weighted by atomic mass is 10.0. The summed E-state index contributed by atoms with van der Waals surface area (Å²) in [6.45, 7) is 1.71. The molecule has 0 fully saturated rings. The average molecular weight is 323 g/mol. The fraction of sp³-hybridized carbons (Fsp3) is 0.200. The summed E-state index contributed by atoms with van der Waals surface area (Å²) in [6, 6.07) is 17.8. The average Bonchev–Trinajstić information content (AvgIpc) is 2.65. The molecule has 2 rings (SSSR count). The smallest absolute Gasteiger partial charge is 0.294 e. The number of ketones is 1. The summed E-state index contributed by atoms with van der Waals surface area (Å²) in [5, 5.41) is 10.4. The van der Waals surface area contributed by atoms with Crippen molar-refractivity contribution in [1.82, 2.24) is 4.90 Å². The highest BCUT2D eigenvalue weighted by molar-refractivity contribution is 6.41. The molecule has 4 heteroatoms. The predicted molar refractivity (Wildman–Crippen MR) is 94.1 cm³/mol. The topological polar surface area (TPSA) is 57.6 Å². The van der Waals surface area contributed by atoms with Crippen LogP contribution in [0.2, 0.25) is 0 Å². The number of hydrogen-bond donors (Lipinski definition) is 1. The standard InChI is InChI=1S/C20H21NO3/c1-15(19(23)17-11-7-4-8-12-17)21(2)20(24)18(22)14-13-16-9-5-3-6-10-16/h3-15,19,23H,1-2H3/b14-13+/t15-,19-/m0/s1. The third-order valence-corrected chi connectivity index (χ3v) is 3.97. The zero-order valence-corrected chi connectivity index (χ0v) is 13.8. The van der Waals surface area contributed by atoms with E-state index in [0.717, 1.165) is 5.56 Å². The maximum Gasteiger partial charge on any atom is 0.294 e. The van der Waals surface area contributed by atoms with Gasteiger partial charge in [-0.15, -0.1) is 0 Å². The quantitative estimate of drug-likeness (QED) is 0.657. The third kappa shape index (κ3) is 4.40. The van der Waals surface area contributed by atoms with E-state index in [2.05, 4.69) is 0 Å². The van der Waals surface area contributed by atoms with Crippen LogP contribution < -0.4 is 0 Å². The van der Waals surface area contributed by atoms with Gasteiger partial charge in [0.2, 0.25) is 5.78 Å². The molecule has 0 bridgehead atoms. The van der Waals surface area contributed by atoms with Crippen molar-refractivity contribution in [3.8, 4) is 0 Å². The molecule has 0 unspecified atom stereocenters. The number of carbonyl (C=O) groups excluding carboxylic acids is 2. The van der Waals surface area contributed by atoms with Gasteiger partial charge in [0.15, 0.2) is 0 Å². The zero-order valence-electron chi connectivity index (χ0n) is 13.8. The number of likely N-dealkylation sites (N-methyl/N-ethyl adjacent to an activating group) is 1. The molecule has 0 aliphatic carbocycles. The molecule has 0 saturated heterocycles. The minimum absolute atomic E-state index is 0.519. The molecule has 0 spiro atoms. The Labute approximate surface area is 142 Å². The van der Waals surface area contributed by atoms with Gasteiger partial charge in [-0.25, -0.2) is 0 Å². The van der Waals surface area contributed by atoms with Crippen LogP contribution in [0.1, 0.15) is 24.2 Å². The van der Waals surface area contributed by atoms with Gasteiger partial charge in [-0.05, 0) is 24.1 Å². The number of aliphatic hydroxyl groups excluding tert-OH is 1. The van der Waals surface area contributed by atoms with Gasteiger partial charge in [-0.1, -0.05) is 66.7 Å². The molecule has 0 aliphatic heterocycles. The van der Waals surface area contributed by atoms with E-state index in [1.807, 2.05) is 48.5 Å². The summed E-state index contributed by atoms with van der Waals surface area (Å²) in [7, 11) is 1.52. The zero-order chi connectivity index (χ0) is 17.5. The Hall–Kier alpha value is -2.72. The lowest BCUT2D eigenvalue weighted by molar-refractivity contribution is -0.144. The normalized spacial score (nSPS) is 13.5. The fourth-order valence-corrected chi connectivity index (χ4v) is 2.31. The summed E-state index contributed by atoms with van der Waals surface area (Å²) in [6.07, 6.45) is 2.01. The highest BCUT2D eigenvalue weighted by Gasteiger charge is 2.26. The van der Waals surface area contributed by atoms with Gasteiger partial charge in [-0.3, -0.25) is 9.59 Å². The molecule has 0 aliphatic rings. The molecule has 2 atom stereocenters. The Morgan fingerprint density at radius 2 is 1.54 bits per heavy atom. The Morgan fingerprint density at radius 3 is 2.12 bits per heavy atom. The molecule has 2 aromatic carbocycles. The number of benzene rings is 2. The Balaban J connectivity index is 2.02. The number of aliphatic hydroxyl groups is 1. The molecule has 24 heavy (non-hydrogen) atoms. The van der Waals surface area contributed by atoms with Crippen molar-refractivity contribution in [2.45, 2.75) is 19.1 Å². The van der Waals surface area contributed by atoms with Crippen LogP contribution in [0.3, 0.4) is 0 Å². The molecular formula is C20H21NO3. The largest absolute Gasteiger partial charge is 0.386 e. The number of carbonyl (C=O) groups is 2. The van der Waals surface area contributed by atoms with Gasteiger partial charge in [0, 0.05) is 7.05 Å². The van der Waals surface area contributed by atoms with E-state index >= 15 is 0 Å². The molecular weight excluding hydrogens is 302 g/mol. The second-order valence-electron chi connectivity index (χ2n) is 5.62. The highest BCUT2D eigenvalue weighted by Crippen LogP contribution is 2.20. The van der Waals surface area contributed by atoms with Crippen molar-refractivity contribution in [2.75, 3.05) is 7.05 Å². The monoisotopic (exact) mass is 323 g/mol. The molecule has 4 nitrogen and oxygen atoms in total. The first kappa shape index (κ1) is 17.6. The highest BCUT2D eigenvalue weighted by atomic mass is 16.3. The van der Waals surface area contributed by atoms with Crippen molar-refractivity contribution in [2.24, 2.45) is 0 Å². The maximum atomic E-state index is 12.3. The summed E-state index contributed by atoms with van der Waals surface area (Å²) < 4.78 is 0. The summed E-state index contributed by atoms with van der Waals surface area (Å²) >= 11 is 0. The van der Waals surface area contributed by atoms with Gasteiger partial charge in [0.05, 0.1) is 12.1 Å². The van der Waals surface area contributed by atoms with Crippen LogP contribution in [0, 0.1) is 0 Å². The second-order valence-corrected chi connectivity index (χ2v) is 5.62. The van der Waals surface area contributed by atoms with E-state index in [0.29, 0.717) is 5.56 Å². The number of amides is 1. The van der Waals surface area contributed by atoms with Gasteiger partial charge in [0.25, 0.3) is 5.91 Å².